The molecule has 1 heterocycles. The lowest BCUT2D eigenvalue weighted by Crippen LogP contribution is -2.49. The summed E-state index contributed by atoms with van der Waals surface area (Å²) in [5, 5.41) is 9.15. The SMILES string of the molecule is C#CCCCN1CCCC(C)C1C(=O)O. The predicted molar refractivity (Wildman–Crippen MR) is 59.5 cm³/mol. The van der Waals surface area contributed by atoms with Crippen LogP contribution in [0.4, 0.5) is 0 Å². The van der Waals surface area contributed by atoms with Crippen molar-refractivity contribution < 1.29 is 9.90 Å². The number of terminal acetylenes is 1. The lowest BCUT2D eigenvalue weighted by molar-refractivity contribution is -0.146. The highest BCUT2D eigenvalue weighted by Crippen LogP contribution is 2.23. The van der Waals surface area contributed by atoms with E-state index in [4.69, 9.17) is 11.5 Å². The Kier molecular flexibility index (Phi) is 4.64. The minimum atomic E-state index is -0.692. The van der Waals surface area contributed by atoms with Crippen LogP contribution in [-0.4, -0.2) is 35.1 Å². The molecule has 1 aliphatic rings. The molecule has 0 saturated carbocycles. The van der Waals surface area contributed by atoms with Crippen LogP contribution in [0, 0.1) is 18.3 Å². The van der Waals surface area contributed by atoms with Crippen LogP contribution in [0.5, 0.6) is 0 Å². The van der Waals surface area contributed by atoms with E-state index in [1.54, 1.807) is 0 Å². The number of hydrogen-bond donors (Lipinski definition) is 1. The minimum absolute atomic E-state index is 0.252. The van der Waals surface area contributed by atoms with E-state index in [9.17, 15) is 4.79 Å². The molecule has 1 aliphatic heterocycles. The Morgan fingerprint density at radius 1 is 1.67 bits per heavy atom. The number of carboxylic acids is 1. The van der Waals surface area contributed by atoms with Crippen LogP contribution in [0.3, 0.4) is 0 Å². The molecular weight excluding hydrogens is 190 g/mol. The van der Waals surface area contributed by atoms with E-state index in [0.717, 1.165) is 38.8 Å². The fourth-order valence-electron chi connectivity index (χ4n) is 2.31. The second-order valence-electron chi connectivity index (χ2n) is 4.25. The van der Waals surface area contributed by atoms with Gasteiger partial charge in [0.05, 0.1) is 0 Å². The molecule has 84 valence electrons. The van der Waals surface area contributed by atoms with Gasteiger partial charge in [-0.1, -0.05) is 6.92 Å². The Morgan fingerprint density at radius 3 is 3.00 bits per heavy atom. The summed E-state index contributed by atoms with van der Waals surface area (Å²) in [6, 6.07) is -0.309. The Balaban J connectivity index is 2.51. The first-order chi connectivity index (χ1) is 7.16. The molecule has 1 saturated heterocycles. The normalized spacial score (nSPS) is 27.2. The molecule has 3 heteroatoms. The molecule has 0 bridgehead atoms. The number of piperidine rings is 1. The molecule has 0 radical (unpaired) electrons. The van der Waals surface area contributed by atoms with Crippen LogP contribution in [-0.2, 0) is 4.79 Å². The molecule has 2 atom stereocenters. The molecular formula is C12H19NO2. The highest BCUT2D eigenvalue weighted by atomic mass is 16.4. The second-order valence-corrected chi connectivity index (χ2v) is 4.25. The summed E-state index contributed by atoms with van der Waals surface area (Å²) < 4.78 is 0. The zero-order valence-electron chi connectivity index (χ0n) is 9.28. The number of hydrogen-bond acceptors (Lipinski definition) is 2. The molecule has 1 fully saturated rings. The van der Waals surface area contributed by atoms with Gasteiger partial charge in [-0.2, -0.15) is 0 Å². The van der Waals surface area contributed by atoms with Crippen molar-refractivity contribution in [2.75, 3.05) is 13.1 Å². The number of carbonyl (C=O) groups is 1. The summed E-state index contributed by atoms with van der Waals surface area (Å²) in [7, 11) is 0. The van der Waals surface area contributed by atoms with Gasteiger partial charge in [-0.25, -0.2) is 0 Å². The molecule has 0 aromatic rings. The number of nitrogens with zero attached hydrogens (tertiary/aromatic N) is 1. The second kappa shape index (κ2) is 5.77. The molecule has 0 spiro atoms. The molecule has 0 amide bonds. The van der Waals surface area contributed by atoms with Crippen LogP contribution < -0.4 is 0 Å². The third-order valence-electron chi connectivity index (χ3n) is 3.06. The van der Waals surface area contributed by atoms with Gasteiger partial charge >= 0.3 is 5.97 Å². The number of unbranched alkanes of at least 4 members (excludes halogenated alkanes) is 1. The largest absolute Gasteiger partial charge is 0.480 e. The third-order valence-corrected chi connectivity index (χ3v) is 3.06. The first-order valence-corrected chi connectivity index (χ1v) is 5.57. The lowest BCUT2D eigenvalue weighted by Gasteiger charge is -2.37. The van der Waals surface area contributed by atoms with Crippen molar-refractivity contribution in [3.8, 4) is 12.3 Å². The van der Waals surface area contributed by atoms with Crippen molar-refractivity contribution in [3.63, 3.8) is 0 Å². The zero-order chi connectivity index (χ0) is 11.3. The van der Waals surface area contributed by atoms with Crippen molar-refractivity contribution in [2.24, 2.45) is 5.92 Å². The van der Waals surface area contributed by atoms with Crippen LogP contribution in [0.2, 0.25) is 0 Å². The van der Waals surface area contributed by atoms with Gasteiger partial charge < -0.3 is 5.11 Å². The monoisotopic (exact) mass is 209 g/mol. The van der Waals surface area contributed by atoms with Gasteiger partial charge in [0.15, 0.2) is 0 Å². The fraction of sp³-hybridized carbons (Fsp3) is 0.750. The number of likely N-dealkylation sites (tertiary alicyclic amines) is 1. The first kappa shape index (κ1) is 12.1. The van der Waals surface area contributed by atoms with Gasteiger partial charge in [0.25, 0.3) is 0 Å². The smallest absolute Gasteiger partial charge is 0.321 e. The van der Waals surface area contributed by atoms with Gasteiger partial charge in [0.1, 0.15) is 6.04 Å². The summed E-state index contributed by atoms with van der Waals surface area (Å²) in [5.74, 6) is 2.15. The average Bonchev–Trinajstić information content (AvgIpc) is 2.17. The summed E-state index contributed by atoms with van der Waals surface area (Å²) in [5.41, 5.74) is 0. The van der Waals surface area contributed by atoms with E-state index in [-0.39, 0.29) is 12.0 Å². The highest BCUT2D eigenvalue weighted by Gasteiger charge is 2.33. The maximum absolute atomic E-state index is 11.1. The summed E-state index contributed by atoms with van der Waals surface area (Å²) in [4.78, 5) is 13.2. The topological polar surface area (TPSA) is 40.5 Å². The van der Waals surface area contributed by atoms with E-state index in [1.165, 1.54) is 0 Å². The van der Waals surface area contributed by atoms with Gasteiger partial charge in [-0.15, -0.1) is 12.3 Å². The average molecular weight is 209 g/mol. The molecule has 1 rings (SSSR count). The number of aliphatic carboxylic acids is 1. The quantitative estimate of drug-likeness (QED) is 0.564. The van der Waals surface area contributed by atoms with Gasteiger partial charge in [-0.3, -0.25) is 9.69 Å². The maximum Gasteiger partial charge on any atom is 0.321 e. The summed E-state index contributed by atoms with van der Waals surface area (Å²) in [6.45, 7) is 3.73. The van der Waals surface area contributed by atoms with E-state index in [1.807, 2.05) is 6.92 Å². The Morgan fingerprint density at radius 2 is 2.40 bits per heavy atom. The molecule has 2 unspecified atom stereocenters. The van der Waals surface area contributed by atoms with Crippen molar-refractivity contribution in [1.82, 2.24) is 4.90 Å². The van der Waals surface area contributed by atoms with Gasteiger partial charge in [0.2, 0.25) is 0 Å². The molecule has 0 aromatic carbocycles. The fourth-order valence-corrected chi connectivity index (χ4v) is 2.31. The van der Waals surface area contributed by atoms with Crippen LogP contribution in [0.15, 0.2) is 0 Å². The Hall–Kier alpha value is -1.01. The molecule has 0 aliphatic carbocycles. The van der Waals surface area contributed by atoms with Crippen molar-refractivity contribution in [3.05, 3.63) is 0 Å². The van der Waals surface area contributed by atoms with Crippen molar-refractivity contribution in [2.45, 2.75) is 38.6 Å². The Labute approximate surface area is 91.5 Å². The zero-order valence-corrected chi connectivity index (χ0v) is 9.28. The van der Waals surface area contributed by atoms with Crippen LogP contribution in [0.1, 0.15) is 32.6 Å². The molecule has 3 nitrogen and oxygen atoms in total. The third kappa shape index (κ3) is 3.24. The maximum atomic E-state index is 11.1. The number of carboxylic acid groups (broad SMARTS) is 1. The first-order valence-electron chi connectivity index (χ1n) is 5.57. The highest BCUT2D eigenvalue weighted by molar-refractivity contribution is 5.74. The van der Waals surface area contributed by atoms with Gasteiger partial charge in [-0.05, 0) is 38.3 Å². The van der Waals surface area contributed by atoms with E-state index in [0.29, 0.717) is 0 Å². The molecule has 1 N–H and O–H groups in total. The molecule has 15 heavy (non-hydrogen) atoms. The van der Waals surface area contributed by atoms with Crippen molar-refractivity contribution in [1.29, 1.82) is 0 Å². The van der Waals surface area contributed by atoms with Crippen LogP contribution in [0.25, 0.3) is 0 Å². The van der Waals surface area contributed by atoms with E-state index < -0.39 is 5.97 Å². The summed E-state index contributed by atoms with van der Waals surface area (Å²) in [6.07, 6.45) is 8.92. The molecule has 0 aromatic heterocycles. The number of rotatable bonds is 4. The summed E-state index contributed by atoms with van der Waals surface area (Å²) >= 11 is 0. The lowest BCUT2D eigenvalue weighted by atomic mass is 9.90. The van der Waals surface area contributed by atoms with E-state index in [2.05, 4.69) is 10.8 Å². The Bertz CT molecular complexity index is 257. The van der Waals surface area contributed by atoms with Crippen molar-refractivity contribution >= 4 is 5.97 Å². The standard InChI is InChI=1S/C12H19NO2/c1-3-4-5-8-13-9-6-7-10(2)11(13)12(14)15/h1,10-11H,4-9H2,2H3,(H,14,15). The van der Waals surface area contributed by atoms with Gasteiger partial charge in [0, 0.05) is 6.42 Å². The van der Waals surface area contributed by atoms with E-state index >= 15 is 0 Å². The predicted octanol–water partition coefficient (Wildman–Crippen LogP) is 1.58. The van der Waals surface area contributed by atoms with Crippen LogP contribution >= 0.6 is 0 Å². The minimum Gasteiger partial charge on any atom is -0.480 e.